The van der Waals surface area contributed by atoms with Crippen LogP contribution >= 0.6 is 11.6 Å². The predicted molar refractivity (Wildman–Crippen MR) is 118 cm³/mol. The maximum atomic E-state index is 12.9. The molecular formula is C22H21ClN6O3. The van der Waals surface area contributed by atoms with E-state index in [1.165, 1.54) is 9.08 Å². The van der Waals surface area contributed by atoms with E-state index in [1.54, 1.807) is 42.6 Å². The summed E-state index contributed by atoms with van der Waals surface area (Å²) in [6, 6.07) is 10.5. The molecular weight excluding hydrogens is 432 g/mol. The Bertz CT molecular complexity index is 1340. The Labute approximate surface area is 188 Å². The van der Waals surface area contributed by atoms with E-state index in [9.17, 15) is 9.59 Å². The van der Waals surface area contributed by atoms with Crippen LogP contribution in [0.3, 0.4) is 0 Å². The first-order chi connectivity index (χ1) is 15.5. The van der Waals surface area contributed by atoms with Crippen molar-refractivity contribution >= 4 is 23.2 Å². The summed E-state index contributed by atoms with van der Waals surface area (Å²) in [5.41, 5.74) is 1.22. The third-order valence-corrected chi connectivity index (χ3v) is 5.92. The predicted octanol–water partition coefficient (Wildman–Crippen LogP) is 3.12. The highest BCUT2D eigenvalue weighted by atomic mass is 35.5. The minimum Gasteiger partial charge on any atom is -0.341 e. The molecule has 1 aliphatic heterocycles. The molecule has 1 aromatic carbocycles. The number of halogens is 1. The van der Waals surface area contributed by atoms with Crippen molar-refractivity contribution < 1.29 is 9.32 Å². The van der Waals surface area contributed by atoms with Crippen LogP contribution in [0.1, 0.15) is 19.8 Å². The van der Waals surface area contributed by atoms with Gasteiger partial charge in [0, 0.05) is 29.9 Å². The lowest BCUT2D eigenvalue weighted by Crippen LogP contribution is -2.42. The summed E-state index contributed by atoms with van der Waals surface area (Å²) in [5, 5.41) is 9.06. The number of likely N-dealkylation sites (tertiary alicyclic amines) is 1. The molecule has 3 aromatic heterocycles. The Morgan fingerprint density at radius 1 is 1.25 bits per heavy atom. The first-order valence-corrected chi connectivity index (χ1v) is 10.8. The Kier molecular flexibility index (Phi) is 5.26. The zero-order chi connectivity index (χ0) is 22.2. The fourth-order valence-electron chi connectivity index (χ4n) is 4.00. The Morgan fingerprint density at radius 2 is 2.06 bits per heavy atom. The van der Waals surface area contributed by atoms with Crippen molar-refractivity contribution in [2.24, 2.45) is 5.92 Å². The molecule has 0 saturated carbocycles. The summed E-state index contributed by atoms with van der Waals surface area (Å²) < 4.78 is 8.02. The van der Waals surface area contributed by atoms with Gasteiger partial charge in [-0.1, -0.05) is 23.7 Å². The molecule has 0 unspecified atom stereocenters. The molecule has 0 bridgehead atoms. The van der Waals surface area contributed by atoms with Crippen LogP contribution in [0.2, 0.25) is 5.02 Å². The number of benzene rings is 1. The molecule has 10 heteroatoms. The Hall–Kier alpha value is -3.46. The SMILES string of the molecule is C[C@@H]1CCCN(C(=O)Cn2nc3c(-c4nc(-c5ccc(Cl)cc5)no4)cccn3c2=O)C1. The molecule has 1 atom stereocenters. The Morgan fingerprint density at radius 3 is 2.84 bits per heavy atom. The summed E-state index contributed by atoms with van der Waals surface area (Å²) in [7, 11) is 0. The highest BCUT2D eigenvalue weighted by molar-refractivity contribution is 6.30. The number of aromatic nitrogens is 5. The minimum atomic E-state index is -0.391. The fourth-order valence-corrected chi connectivity index (χ4v) is 4.13. The van der Waals surface area contributed by atoms with Crippen LogP contribution < -0.4 is 5.69 Å². The molecule has 0 radical (unpaired) electrons. The topological polar surface area (TPSA) is 98.5 Å². The summed E-state index contributed by atoms with van der Waals surface area (Å²) in [5.74, 6) is 0.986. The van der Waals surface area contributed by atoms with Crippen LogP contribution in [0.15, 0.2) is 51.9 Å². The molecule has 32 heavy (non-hydrogen) atoms. The van der Waals surface area contributed by atoms with Gasteiger partial charge in [0.15, 0.2) is 5.65 Å². The summed E-state index contributed by atoms with van der Waals surface area (Å²) in [4.78, 5) is 31.9. The first kappa shape index (κ1) is 20.4. The van der Waals surface area contributed by atoms with E-state index in [4.69, 9.17) is 16.1 Å². The lowest BCUT2D eigenvalue weighted by molar-refractivity contribution is -0.133. The van der Waals surface area contributed by atoms with E-state index in [0.29, 0.717) is 41.1 Å². The molecule has 1 saturated heterocycles. The van der Waals surface area contributed by atoms with Crippen molar-refractivity contribution in [2.45, 2.75) is 26.3 Å². The largest absolute Gasteiger partial charge is 0.350 e. The van der Waals surface area contributed by atoms with Crippen molar-refractivity contribution in [3.05, 3.63) is 58.1 Å². The maximum Gasteiger partial charge on any atom is 0.350 e. The minimum absolute atomic E-state index is 0.105. The number of hydrogen-bond acceptors (Lipinski definition) is 6. The van der Waals surface area contributed by atoms with Gasteiger partial charge in [-0.2, -0.15) is 4.98 Å². The van der Waals surface area contributed by atoms with E-state index in [0.717, 1.165) is 18.4 Å². The molecule has 5 rings (SSSR count). The quantitative estimate of drug-likeness (QED) is 0.471. The van der Waals surface area contributed by atoms with Gasteiger partial charge >= 0.3 is 5.69 Å². The van der Waals surface area contributed by atoms with Crippen LogP contribution in [0, 0.1) is 5.92 Å². The third kappa shape index (κ3) is 3.80. The molecule has 1 aliphatic rings. The number of nitrogens with zero attached hydrogens (tertiary/aromatic N) is 6. The van der Waals surface area contributed by atoms with Crippen LogP contribution in [0.5, 0.6) is 0 Å². The zero-order valence-electron chi connectivity index (χ0n) is 17.4. The second-order valence-corrected chi connectivity index (χ2v) is 8.51. The van der Waals surface area contributed by atoms with Crippen molar-refractivity contribution in [1.82, 2.24) is 29.2 Å². The van der Waals surface area contributed by atoms with Crippen molar-refractivity contribution in [1.29, 1.82) is 0 Å². The van der Waals surface area contributed by atoms with E-state index in [1.807, 2.05) is 4.90 Å². The van der Waals surface area contributed by atoms with E-state index in [-0.39, 0.29) is 18.3 Å². The molecule has 1 amide bonds. The molecule has 164 valence electrons. The molecule has 0 N–H and O–H groups in total. The zero-order valence-corrected chi connectivity index (χ0v) is 18.2. The normalized spacial score (nSPS) is 16.6. The highest BCUT2D eigenvalue weighted by Gasteiger charge is 2.23. The number of rotatable bonds is 4. The summed E-state index contributed by atoms with van der Waals surface area (Å²) >= 11 is 5.94. The van der Waals surface area contributed by atoms with Crippen LogP contribution in [-0.2, 0) is 11.3 Å². The first-order valence-electron chi connectivity index (χ1n) is 10.5. The number of amides is 1. The summed E-state index contributed by atoms with van der Waals surface area (Å²) in [6.45, 7) is 3.45. The third-order valence-electron chi connectivity index (χ3n) is 5.66. The van der Waals surface area contributed by atoms with Crippen LogP contribution in [-0.4, -0.2) is 48.2 Å². The van der Waals surface area contributed by atoms with Crippen molar-refractivity contribution in [2.75, 3.05) is 13.1 Å². The highest BCUT2D eigenvalue weighted by Crippen LogP contribution is 2.25. The van der Waals surface area contributed by atoms with Gasteiger partial charge in [-0.25, -0.2) is 13.9 Å². The number of hydrogen-bond donors (Lipinski definition) is 0. The van der Waals surface area contributed by atoms with Gasteiger partial charge in [0.1, 0.15) is 6.54 Å². The second kappa shape index (κ2) is 8.23. The van der Waals surface area contributed by atoms with Crippen LogP contribution in [0.4, 0.5) is 0 Å². The maximum absolute atomic E-state index is 12.9. The molecule has 0 aliphatic carbocycles. The van der Waals surface area contributed by atoms with Crippen molar-refractivity contribution in [3.8, 4) is 22.8 Å². The molecule has 0 spiro atoms. The van der Waals surface area contributed by atoms with Gasteiger partial charge in [0.05, 0.1) is 5.56 Å². The van der Waals surface area contributed by atoms with Crippen LogP contribution in [0.25, 0.3) is 28.5 Å². The van der Waals surface area contributed by atoms with Gasteiger partial charge in [-0.3, -0.25) is 4.79 Å². The Balaban J connectivity index is 1.46. The van der Waals surface area contributed by atoms with E-state index >= 15 is 0 Å². The molecule has 4 heterocycles. The van der Waals surface area contributed by atoms with Gasteiger partial charge < -0.3 is 9.42 Å². The number of carbonyl (C=O) groups is 1. The van der Waals surface area contributed by atoms with Crippen molar-refractivity contribution in [3.63, 3.8) is 0 Å². The molecule has 1 fully saturated rings. The monoisotopic (exact) mass is 452 g/mol. The van der Waals surface area contributed by atoms with Gasteiger partial charge in [-0.15, -0.1) is 5.10 Å². The number of carbonyl (C=O) groups excluding carboxylic acids is 1. The average Bonchev–Trinajstić information content (AvgIpc) is 3.40. The second-order valence-electron chi connectivity index (χ2n) is 8.07. The number of fused-ring (bicyclic) bond motifs is 1. The number of piperidine rings is 1. The standard InChI is InChI=1S/C22H21ClN6O3/c1-14-4-2-10-27(12-14)18(30)13-29-22(31)28-11-3-5-17(20(28)25-29)21-24-19(26-32-21)15-6-8-16(23)9-7-15/h3,5-9,11,14H,2,4,10,12-13H2,1H3/t14-/m1/s1. The number of pyridine rings is 1. The van der Waals surface area contributed by atoms with Gasteiger partial charge in [-0.05, 0) is 55.2 Å². The molecule has 4 aromatic rings. The lowest BCUT2D eigenvalue weighted by Gasteiger charge is -2.30. The van der Waals surface area contributed by atoms with E-state index < -0.39 is 5.69 Å². The fraction of sp³-hybridized carbons (Fsp3) is 0.318. The molecule has 9 nitrogen and oxygen atoms in total. The lowest BCUT2D eigenvalue weighted by atomic mass is 10.0. The average molecular weight is 453 g/mol. The summed E-state index contributed by atoms with van der Waals surface area (Å²) in [6.07, 6.45) is 3.70. The van der Waals surface area contributed by atoms with E-state index in [2.05, 4.69) is 22.2 Å². The van der Waals surface area contributed by atoms with Gasteiger partial charge in [0.2, 0.25) is 11.7 Å². The van der Waals surface area contributed by atoms with Gasteiger partial charge in [0.25, 0.3) is 5.89 Å². The smallest absolute Gasteiger partial charge is 0.341 e.